The van der Waals surface area contributed by atoms with Crippen molar-refractivity contribution < 1.29 is 19.0 Å². The lowest BCUT2D eigenvalue weighted by molar-refractivity contribution is -0.113. The molecule has 0 aliphatic heterocycles. The quantitative estimate of drug-likeness (QED) is 0.181. The average Bonchev–Trinajstić information content (AvgIpc) is 3.17. The largest absolute Gasteiger partial charge is 0.497 e. The molecule has 0 unspecified atom stereocenters. The molecule has 11 nitrogen and oxygen atoms in total. The van der Waals surface area contributed by atoms with Gasteiger partial charge in [-0.25, -0.2) is 10.1 Å². The molecular weight excluding hydrogens is 434 g/mol. The van der Waals surface area contributed by atoms with Gasteiger partial charge < -0.3 is 25.4 Å². The number of carbonyl (C=O) groups excluding carboxylic acids is 1. The van der Waals surface area contributed by atoms with E-state index in [1.54, 1.807) is 38.6 Å². The Kier molecular flexibility index (Phi) is 7.75. The van der Waals surface area contributed by atoms with Gasteiger partial charge in [0, 0.05) is 6.07 Å². The van der Waals surface area contributed by atoms with E-state index in [9.17, 15) is 4.79 Å². The van der Waals surface area contributed by atoms with Gasteiger partial charge in [-0.15, -0.1) is 10.2 Å². The lowest BCUT2D eigenvalue weighted by Crippen LogP contribution is -2.17. The van der Waals surface area contributed by atoms with Crippen LogP contribution in [0.4, 0.5) is 11.6 Å². The van der Waals surface area contributed by atoms with Crippen molar-refractivity contribution in [3.8, 4) is 17.2 Å². The number of aromatic nitrogens is 3. The Hall–Kier alpha value is -3.93. The monoisotopic (exact) mass is 457 g/mol. The van der Waals surface area contributed by atoms with Crippen LogP contribution in [-0.2, 0) is 4.79 Å². The van der Waals surface area contributed by atoms with Crippen LogP contribution < -0.4 is 30.8 Å². The van der Waals surface area contributed by atoms with Crippen molar-refractivity contribution in [3.05, 3.63) is 48.0 Å². The molecule has 12 heteroatoms. The van der Waals surface area contributed by atoms with Crippen molar-refractivity contribution >= 4 is 35.5 Å². The standard InChI is InChI=1S/C20H23N7O4S/c1-29-14-6-4-13(5-7-14)11-22-24-19-25-26-20(27(19)21)32-12-18(28)23-16-9-8-15(30-2)10-17(16)31-3/h4-11H,12,21H2,1-3H3,(H,23,28)(H,24,25)/b22-11+. The van der Waals surface area contributed by atoms with Crippen LogP contribution in [-0.4, -0.2) is 54.1 Å². The van der Waals surface area contributed by atoms with E-state index in [0.717, 1.165) is 23.1 Å². The van der Waals surface area contributed by atoms with Crippen LogP contribution in [0.1, 0.15) is 5.56 Å². The van der Waals surface area contributed by atoms with Crippen LogP contribution in [0, 0.1) is 0 Å². The van der Waals surface area contributed by atoms with Gasteiger partial charge in [-0.05, 0) is 42.0 Å². The second-order valence-electron chi connectivity index (χ2n) is 6.22. The molecular formula is C20H23N7O4S. The maximum atomic E-state index is 12.3. The van der Waals surface area contributed by atoms with E-state index < -0.39 is 0 Å². The summed E-state index contributed by atoms with van der Waals surface area (Å²) in [6.45, 7) is 0. The third-order valence-electron chi connectivity index (χ3n) is 4.17. The number of hydrazone groups is 1. The third-order valence-corrected chi connectivity index (χ3v) is 5.12. The number of nitrogens with two attached hydrogens (primary N) is 1. The number of carbonyl (C=O) groups is 1. The molecule has 32 heavy (non-hydrogen) atoms. The van der Waals surface area contributed by atoms with Crippen molar-refractivity contribution in [1.82, 2.24) is 14.9 Å². The zero-order valence-electron chi connectivity index (χ0n) is 17.7. The SMILES string of the molecule is COc1ccc(/C=N/Nc2nnc(SCC(=O)Nc3ccc(OC)cc3OC)n2N)cc1. The summed E-state index contributed by atoms with van der Waals surface area (Å²) in [6.07, 6.45) is 1.61. The fourth-order valence-electron chi connectivity index (χ4n) is 2.52. The van der Waals surface area contributed by atoms with Gasteiger partial charge in [-0.3, -0.25) is 4.79 Å². The fourth-order valence-corrected chi connectivity index (χ4v) is 3.18. The van der Waals surface area contributed by atoms with Crippen LogP contribution in [0.5, 0.6) is 17.2 Å². The predicted molar refractivity (Wildman–Crippen MR) is 123 cm³/mol. The first kappa shape index (κ1) is 22.7. The molecule has 2 aromatic carbocycles. The molecule has 3 aromatic rings. The molecule has 0 saturated heterocycles. The maximum Gasteiger partial charge on any atom is 0.264 e. The van der Waals surface area contributed by atoms with Gasteiger partial charge in [0.15, 0.2) is 0 Å². The summed E-state index contributed by atoms with van der Waals surface area (Å²) >= 11 is 1.13. The van der Waals surface area contributed by atoms with Gasteiger partial charge in [0.05, 0.1) is 39.0 Å². The normalized spacial score (nSPS) is 10.7. The van der Waals surface area contributed by atoms with Crippen LogP contribution in [0.25, 0.3) is 0 Å². The Morgan fingerprint density at radius 3 is 2.50 bits per heavy atom. The van der Waals surface area contributed by atoms with Gasteiger partial charge in [-0.2, -0.15) is 5.10 Å². The number of benzene rings is 2. The summed E-state index contributed by atoms with van der Waals surface area (Å²) in [6, 6.07) is 12.5. The zero-order valence-corrected chi connectivity index (χ0v) is 18.5. The molecule has 0 atom stereocenters. The summed E-state index contributed by atoms with van der Waals surface area (Å²) < 4.78 is 16.8. The van der Waals surface area contributed by atoms with Crippen molar-refractivity contribution in [3.63, 3.8) is 0 Å². The van der Waals surface area contributed by atoms with E-state index in [-0.39, 0.29) is 17.6 Å². The minimum atomic E-state index is -0.256. The van der Waals surface area contributed by atoms with Crippen LogP contribution >= 0.6 is 11.8 Å². The van der Waals surface area contributed by atoms with Crippen LogP contribution in [0.15, 0.2) is 52.7 Å². The molecule has 3 rings (SSSR count). The molecule has 0 bridgehead atoms. The van der Waals surface area contributed by atoms with Crippen molar-refractivity contribution in [2.24, 2.45) is 5.10 Å². The number of amides is 1. The van der Waals surface area contributed by atoms with Crippen molar-refractivity contribution in [2.75, 3.05) is 43.7 Å². The lowest BCUT2D eigenvalue weighted by Gasteiger charge is -2.11. The number of hydrogen-bond donors (Lipinski definition) is 3. The van der Waals surface area contributed by atoms with Gasteiger partial charge in [0.2, 0.25) is 11.1 Å². The van der Waals surface area contributed by atoms with E-state index in [1.165, 1.54) is 11.8 Å². The minimum Gasteiger partial charge on any atom is -0.497 e. The summed E-state index contributed by atoms with van der Waals surface area (Å²) in [4.78, 5) is 12.3. The number of nitrogens with one attached hydrogen (secondary N) is 2. The average molecular weight is 458 g/mol. The Bertz CT molecular complexity index is 1090. The molecule has 0 radical (unpaired) electrons. The molecule has 0 saturated carbocycles. The maximum absolute atomic E-state index is 12.3. The lowest BCUT2D eigenvalue weighted by atomic mass is 10.2. The van der Waals surface area contributed by atoms with E-state index in [4.69, 9.17) is 20.1 Å². The number of ether oxygens (including phenoxy) is 3. The van der Waals surface area contributed by atoms with Crippen molar-refractivity contribution in [2.45, 2.75) is 5.16 Å². The van der Waals surface area contributed by atoms with Crippen molar-refractivity contribution in [1.29, 1.82) is 0 Å². The molecule has 0 spiro atoms. The highest BCUT2D eigenvalue weighted by atomic mass is 32.2. The number of rotatable bonds is 10. The van der Waals surface area contributed by atoms with Gasteiger partial charge in [0.25, 0.3) is 5.95 Å². The number of anilines is 2. The highest BCUT2D eigenvalue weighted by molar-refractivity contribution is 7.99. The topological polar surface area (TPSA) is 138 Å². The molecule has 0 aliphatic carbocycles. The van der Waals surface area contributed by atoms with E-state index >= 15 is 0 Å². The van der Waals surface area contributed by atoms with E-state index in [1.807, 2.05) is 24.3 Å². The second-order valence-corrected chi connectivity index (χ2v) is 7.16. The first-order valence-corrected chi connectivity index (χ1v) is 10.3. The molecule has 0 fully saturated rings. The smallest absolute Gasteiger partial charge is 0.264 e. The fraction of sp³-hybridized carbons (Fsp3) is 0.200. The van der Waals surface area contributed by atoms with Gasteiger partial charge in [0.1, 0.15) is 17.2 Å². The predicted octanol–water partition coefficient (Wildman–Crippen LogP) is 2.19. The highest BCUT2D eigenvalue weighted by Gasteiger charge is 2.14. The number of methoxy groups -OCH3 is 3. The van der Waals surface area contributed by atoms with E-state index in [0.29, 0.717) is 22.3 Å². The van der Waals surface area contributed by atoms with Gasteiger partial charge >= 0.3 is 0 Å². The summed E-state index contributed by atoms with van der Waals surface area (Å²) in [5.74, 6) is 7.91. The second kappa shape index (κ2) is 10.9. The van der Waals surface area contributed by atoms with E-state index in [2.05, 4.69) is 26.0 Å². The first-order chi connectivity index (χ1) is 15.5. The first-order valence-electron chi connectivity index (χ1n) is 9.32. The Balaban J connectivity index is 1.54. The molecule has 1 heterocycles. The van der Waals surface area contributed by atoms with Gasteiger partial charge in [-0.1, -0.05) is 11.8 Å². The minimum absolute atomic E-state index is 0.0691. The molecule has 0 aliphatic rings. The molecule has 4 N–H and O–H groups in total. The zero-order chi connectivity index (χ0) is 22.9. The Morgan fingerprint density at radius 2 is 1.81 bits per heavy atom. The third kappa shape index (κ3) is 5.82. The number of thioether (sulfide) groups is 1. The van der Waals surface area contributed by atoms with Crippen LogP contribution in [0.2, 0.25) is 0 Å². The Morgan fingerprint density at radius 1 is 1.09 bits per heavy atom. The summed E-state index contributed by atoms with van der Waals surface area (Å²) in [5, 5.41) is 15.1. The highest BCUT2D eigenvalue weighted by Crippen LogP contribution is 2.29. The number of nitrogens with zero attached hydrogens (tertiary/aromatic N) is 4. The summed E-state index contributed by atoms with van der Waals surface area (Å²) in [5.41, 5.74) is 4.12. The number of nitrogen functional groups attached to an aromatic ring is 1. The Labute approximate surface area is 188 Å². The number of hydrogen-bond acceptors (Lipinski definition) is 10. The molecule has 1 amide bonds. The van der Waals surface area contributed by atoms with Crippen LogP contribution in [0.3, 0.4) is 0 Å². The summed E-state index contributed by atoms with van der Waals surface area (Å²) in [7, 11) is 4.68. The molecule has 168 valence electrons. The molecule has 1 aromatic heterocycles.